The summed E-state index contributed by atoms with van der Waals surface area (Å²) in [5, 5.41) is 12.0. The summed E-state index contributed by atoms with van der Waals surface area (Å²) in [4.78, 5) is 12.3. The van der Waals surface area contributed by atoms with E-state index in [0.29, 0.717) is 25.2 Å². The van der Waals surface area contributed by atoms with Crippen molar-refractivity contribution in [2.24, 2.45) is 5.92 Å². The smallest absolute Gasteiger partial charge is 0.254 e. The van der Waals surface area contributed by atoms with Gasteiger partial charge in [-0.1, -0.05) is 17.7 Å². The number of carbonyl (C=O) groups excluding carboxylic acids is 1. The summed E-state index contributed by atoms with van der Waals surface area (Å²) in [7, 11) is 0. The summed E-state index contributed by atoms with van der Waals surface area (Å²) in [6.07, 6.45) is 2.09. The lowest BCUT2D eigenvalue weighted by Crippen LogP contribution is -2.43. The van der Waals surface area contributed by atoms with E-state index in [1.165, 1.54) is 6.07 Å². The molecular formula is C16H21ClFNO3. The molecule has 6 heteroatoms. The normalized spacial score (nSPS) is 17.3. The zero-order valence-electron chi connectivity index (χ0n) is 12.6. The Morgan fingerprint density at radius 3 is 2.82 bits per heavy atom. The van der Waals surface area contributed by atoms with E-state index in [-0.39, 0.29) is 29.2 Å². The molecule has 0 aliphatic carbocycles. The average Bonchev–Trinajstić information content (AvgIpc) is 2.53. The van der Waals surface area contributed by atoms with Gasteiger partial charge in [-0.05, 0) is 43.7 Å². The third kappa shape index (κ3) is 3.97. The lowest BCUT2D eigenvalue weighted by atomic mass is 9.89. The minimum absolute atomic E-state index is 0.0283. The molecule has 0 spiro atoms. The number of aliphatic hydroxyl groups excluding tert-OH is 1. The summed E-state index contributed by atoms with van der Waals surface area (Å²) in [6, 6.07) is 2.86. The maximum atomic E-state index is 14.1. The average molecular weight is 330 g/mol. The summed E-state index contributed by atoms with van der Waals surface area (Å²) in [5.41, 5.74) is 0.526. The number of aliphatic hydroxyl groups is 1. The van der Waals surface area contributed by atoms with E-state index in [1.807, 2.05) is 0 Å². The summed E-state index contributed by atoms with van der Waals surface area (Å²) < 4.78 is 19.4. The van der Waals surface area contributed by atoms with E-state index in [0.717, 1.165) is 12.8 Å². The first-order valence-electron chi connectivity index (χ1n) is 7.48. The molecule has 1 aliphatic heterocycles. The van der Waals surface area contributed by atoms with Gasteiger partial charge in [0.25, 0.3) is 5.91 Å². The molecule has 0 saturated carbocycles. The first-order chi connectivity index (χ1) is 10.5. The predicted octanol–water partition coefficient (Wildman–Crippen LogP) is 2.69. The van der Waals surface area contributed by atoms with Crippen LogP contribution in [0.5, 0.6) is 0 Å². The second-order valence-corrected chi connectivity index (χ2v) is 5.98. The molecule has 22 heavy (non-hydrogen) atoms. The minimum atomic E-state index is -0.700. The van der Waals surface area contributed by atoms with Crippen molar-refractivity contribution < 1.29 is 19.0 Å². The van der Waals surface area contributed by atoms with Crippen LogP contribution in [0.15, 0.2) is 12.1 Å². The Kier molecular flexibility index (Phi) is 6.17. The second kappa shape index (κ2) is 7.90. The van der Waals surface area contributed by atoms with Gasteiger partial charge in [0.05, 0.1) is 10.6 Å². The van der Waals surface area contributed by atoms with E-state index in [2.05, 4.69) is 5.32 Å². The maximum Gasteiger partial charge on any atom is 0.254 e. The fourth-order valence-corrected chi connectivity index (χ4v) is 2.92. The molecule has 1 unspecified atom stereocenters. The van der Waals surface area contributed by atoms with Crippen LogP contribution in [0.4, 0.5) is 4.39 Å². The van der Waals surface area contributed by atoms with Crippen LogP contribution >= 0.6 is 11.6 Å². The van der Waals surface area contributed by atoms with Gasteiger partial charge >= 0.3 is 0 Å². The molecule has 122 valence electrons. The van der Waals surface area contributed by atoms with E-state index in [9.17, 15) is 14.3 Å². The fourth-order valence-electron chi connectivity index (χ4n) is 2.75. The molecule has 1 fully saturated rings. The predicted molar refractivity (Wildman–Crippen MR) is 82.6 cm³/mol. The minimum Gasteiger partial charge on any atom is -0.396 e. The number of hydrogen-bond donors (Lipinski definition) is 2. The highest BCUT2D eigenvalue weighted by Crippen LogP contribution is 2.24. The summed E-state index contributed by atoms with van der Waals surface area (Å²) in [6.45, 7) is 2.95. The van der Waals surface area contributed by atoms with Gasteiger partial charge in [0.1, 0.15) is 0 Å². The van der Waals surface area contributed by atoms with Gasteiger partial charge in [0.15, 0.2) is 5.82 Å². The summed E-state index contributed by atoms with van der Waals surface area (Å²) in [5.74, 6) is -0.966. The molecule has 1 aliphatic rings. The van der Waals surface area contributed by atoms with E-state index in [1.54, 1.807) is 13.0 Å². The Morgan fingerprint density at radius 1 is 1.50 bits per heavy atom. The van der Waals surface area contributed by atoms with E-state index < -0.39 is 11.7 Å². The zero-order chi connectivity index (χ0) is 16.1. The van der Waals surface area contributed by atoms with Gasteiger partial charge in [0, 0.05) is 25.9 Å². The van der Waals surface area contributed by atoms with Crippen LogP contribution in [0, 0.1) is 18.7 Å². The number of ether oxygens (including phenoxy) is 1. The van der Waals surface area contributed by atoms with Gasteiger partial charge in [0.2, 0.25) is 0 Å². The SMILES string of the molecule is Cc1ccc(C(=O)NC(CCO)C2CCOCC2)c(F)c1Cl. The van der Waals surface area contributed by atoms with Crippen LogP contribution in [-0.2, 0) is 4.74 Å². The Hall–Kier alpha value is -1.17. The Morgan fingerprint density at radius 2 is 2.18 bits per heavy atom. The molecule has 1 amide bonds. The molecule has 2 rings (SSSR count). The van der Waals surface area contributed by atoms with Crippen molar-refractivity contribution in [3.05, 3.63) is 34.1 Å². The standard InChI is InChI=1S/C16H21ClFNO3/c1-10-2-3-12(15(18)14(10)17)16(21)19-13(4-7-20)11-5-8-22-9-6-11/h2-3,11,13,20H,4-9H2,1H3,(H,19,21). The molecule has 2 N–H and O–H groups in total. The maximum absolute atomic E-state index is 14.1. The number of rotatable bonds is 5. The Balaban J connectivity index is 2.12. The lowest BCUT2D eigenvalue weighted by molar-refractivity contribution is 0.0478. The van der Waals surface area contributed by atoms with Crippen molar-refractivity contribution in [3.8, 4) is 0 Å². The fraction of sp³-hybridized carbons (Fsp3) is 0.562. The van der Waals surface area contributed by atoms with E-state index >= 15 is 0 Å². The van der Waals surface area contributed by atoms with Crippen molar-refractivity contribution >= 4 is 17.5 Å². The number of halogens is 2. The largest absolute Gasteiger partial charge is 0.396 e. The molecule has 1 saturated heterocycles. The number of nitrogens with one attached hydrogen (secondary N) is 1. The highest BCUT2D eigenvalue weighted by molar-refractivity contribution is 6.31. The van der Waals surface area contributed by atoms with Gasteiger partial charge < -0.3 is 15.2 Å². The van der Waals surface area contributed by atoms with Gasteiger partial charge in [-0.2, -0.15) is 0 Å². The first kappa shape index (κ1) is 17.2. The van der Waals surface area contributed by atoms with Crippen molar-refractivity contribution in [2.45, 2.75) is 32.2 Å². The van der Waals surface area contributed by atoms with Crippen LogP contribution in [-0.4, -0.2) is 36.9 Å². The van der Waals surface area contributed by atoms with Crippen LogP contribution in [0.3, 0.4) is 0 Å². The van der Waals surface area contributed by atoms with E-state index in [4.69, 9.17) is 16.3 Å². The topological polar surface area (TPSA) is 58.6 Å². The van der Waals surface area contributed by atoms with Crippen LogP contribution in [0.2, 0.25) is 5.02 Å². The molecule has 0 radical (unpaired) electrons. The third-order valence-electron chi connectivity index (χ3n) is 4.11. The van der Waals surface area contributed by atoms with Gasteiger partial charge in [-0.15, -0.1) is 0 Å². The van der Waals surface area contributed by atoms with Crippen molar-refractivity contribution in [2.75, 3.05) is 19.8 Å². The molecule has 4 nitrogen and oxygen atoms in total. The van der Waals surface area contributed by atoms with Crippen LogP contribution in [0.25, 0.3) is 0 Å². The Bertz CT molecular complexity index is 532. The molecule has 0 aromatic heterocycles. The van der Waals surface area contributed by atoms with Crippen molar-refractivity contribution in [1.82, 2.24) is 5.32 Å². The first-order valence-corrected chi connectivity index (χ1v) is 7.86. The molecular weight excluding hydrogens is 309 g/mol. The number of aryl methyl sites for hydroxylation is 1. The Labute approximate surface area is 134 Å². The van der Waals surface area contributed by atoms with Crippen molar-refractivity contribution in [3.63, 3.8) is 0 Å². The molecule has 1 aromatic carbocycles. The monoisotopic (exact) mass is 329 g/mol. The highest BCUT2D eigenvalue weighted by Gasteiger charge is 2.26. The number of carbonyl (C=O) groups is 1. The van der Waals surface area contributed by atoms with Gasteiger partial charge in [-0.3, -0.25) is 4.79 Å². The molecule has 1 heterocycles. The van der Waals surface area contributed by atoms with Gasteiger partial charge in [-0.25, -0.2) is 4.39 Å². The molecule has 1 atom stereocenters. The highest BCUT2D eigenvalue weighted by atomic mass is 35.5. The molecule has 1 aromatic rings. The second-order valence-electron chi connectivity index (χ2n) is 5.60. The summed E-state index contributed by atoms with van der Waals surface area (Å²) >= 11 is 5.86. The van der Waals surface area contributed by atoms with Crippen LogP contribution < -0.4 is 5.32 Å². The molecule has 0 bridgehead atoms. The van der Waals surface area contributed by atoms with Crippen molar-refractivity contribution in [1.29, 1.82) is 0 Å². The number of hydrogen-bond acceptors (Lipinski definition) is 3. The third-order valence-corrected chi connectivity index (χ3v) is 4.58. The number of amides is 1. The zero-order valence-corrected chi connectivity index (χ0v) is 13.3. The lowest BCUT2D eigenvalue weighted by Gasteiger charge is -2.30. The quantitative estimate of drug-likeness (QED) is 0.873. The van der Waals surface area contributed by atoms with Crippen LogP contribution in [0.1, 0.15) is 35.2 Å². The number of benzene rings is 1.